The van der Waals surface area contributed by atoms with Gasteiger partial charge in [-0.3, -0.25) is 0 Å². The van der Waals surface area contributed by atoms with Gasteiger partial charge in [0.1, 0.15) is 0 Å². The normalized spacial score (nSPS) is 16.6. The molecule has 0 bridgehead atoms. The van der Waals surface area contributed by atoms with Crippen LogP contribution in [0.4, 0.5) is 0 Å². The van der Waals surface area contributed by atoms with Crippen molar-refractivity contribution in [2.45, 2.75) is 188 Å². The van der Waals surface area contributed by atoms with Crippen LogP contribution in [0.3, 0.4) is 0 Å². The molecule has 0 spiro atoms. The molecule has 0 fully saturated rings. The third-order valence-corrected chi connectivity index (χ3v) is 26.7. The summed E-state index contributed by atoms with van der Waals surface area (Å²) in [5.74, 6) is 1.54. The van der Waals surface area contributed by atoms with Crippen molar-refractivity contribution in [2.75, 3.05) is 0 Å². The molecule has 0 aromatic rings. The molecule has 0 heterocycles. The summed E-state index contributed by atoms with van der Waals surface area (Å²) in [5, 5.41) is 10.9. The number of aliphatic hydroxyl groups is 1. The first kappa shape index (κ1) is 43.5. The molecular formula is C36H74O5Sn2. The van der Waals surface area contributed by atoms with Crippen LogP contribution >= 0.6 is 0 Å². The molecule has 7 heteroatoms. The van der Waals surface area contributed by atoms with E-state index in [1.807, 2.05) is 0 Å². The van der Waals surface area contributed by atoms with Gasteiger partial charge < -0.3 is 0 Å². The molecule has 0 aromatic carbocycles. The zero-order valence-electron chi connectivity index (χ0n) is 30.0. The average molecular weight is 824 g/mol. The Kier molecular flexibility index (Phi) is 29.0. The minimum absolute atomic E-state index is 0.248. The Hall–Kier alpha value is 0.497. The van der Waals surface area contributed by atoms with Gasteiger partial charge in [-0.2, -0.15) is 0 Å². The summed E-state index contributed by atoms with van der Waals surface area (Å²) in [6.45, 7) is 18.0. The van der Waals surface area contributed by atoms with E-state index in [9.17, 15) is 14.7 Å². The van der Waals surface area contributed by atoms with Crippen LogP contribution in [-0.2, 0) is 15.7 Å². The molecule has 1 N–H and O–H groups in total. The van der Waals surface area contributed by atoms with Crippen LogP contribution in [0.5, 0.6) is 0 Å². The minimum atomic E-state index is -2.73. The number of carbonyl (C=O) groups is 2. The molecule has 0 aliphatic rings. The molecule has 5 atom stereocenters. The van der Waals surface area contributed by atoms with E-state index in [0.29, 0.717) is 23.7 Å². The number of hydrogen-bond acceptors (Lipinski definition) is 5. The molecule has 43 heavy (non-hydrogen) atoms. The summed E-state index contributed by atoms with van der Waals surface area (Å²) in [7, 11) is 0. The Labute approximate surface area is 283 Å². The van der Waals surface area contributed by atoms with Crippen LogP contribution in [-0.4, -0.2) is 63.5 Å². The number of hydrogen-bond donors (Lipinski definition) is 1. The van der Waals surface area contributed by atoms with Crippen LogP contribution in [0.25, 0.3) is 0 Å². The topological polar surface area (TPSA) is 72.8 Å². The number of unbranched alkanes of at least 4 members (excludes halogenated alkanes) is 4. The second kappa shape index (κ2) is 28.7. The van der Waals surface area contributed by atoms with E-state index in [1.54, 1.807) is 0 Å². The van der Waals surface area contributed by atoms with E-state index >= 15 is 0 Å². The van der Waals surface area contributed by atoms with Crippen molar-refractivity contribution in [3.63, 3.8) is 0 Å². The summed E-state index contributed by atoms with van der Waals surface area (Å²) < 4.78 is 16.8. The number of carbonyl (C=O) groups excluding carboxylic acids is 2. The molecular weight excluding hydrogens is 750 g/mol. The molecule has 0 saturated carbocycles. The molecule has 256 valence electrons. The van der Waals surface area contributed by atoms with Crippen LogP contribution in [0, 0.1) is 23.7 Å². The van der Waals surface area contributed by atoms with Gasteiger partial charge in [0.05, 0.1) is 0 Å². The Bertz CT molecular complexity index is 640. The Morgan fingerprint density at radius 3 is 1.12 bits per heavy atom. The van der Waals surface area contributed by atoms with Gasteiger partial charge in [0.15, 0.2) is 0 Å². The number of aliphatic hydroxyl groups excluding tert-OH is 1. The average Bonchev–Trinajstić information content (AvgIpc) is 3.00. The van der Waals surface area contributed by atoms with Crippen molar-refractivity contribution in [1.29, 1.82) is 0 Å². The molecule has 0 aliphatic carbocycles. The predicted molar refractivity (Wildman–Crippen MR) is 190 cm³/mol. The Morgan fingerprint density at radius 1 is 0.535 bits per heavy atom. The van der Waals surface area contributed by atoms with Gasteiger partial charge in [-0.25, -0.2) is 0 Å². The molecule has 0 radical (unpaired) electrons. The third kappa shape index (κ3) is 21.8. The zero-order chi connectivity index (χ0) is 32.5. The fourth-order valence-corrected chi connectivity index (χ4v) is 26.4. The first-order valence-corrected chi connectivity index (χ1v) is 30.8. The van der Waals surface area contributed by atoms with Gasteiger partial charge in [-0.15, -0.1) is 0 Å². The molecule has 0 saturated heterocycles. The van der Waals surface area contributed by atoms with Crippen LogP contribution < -0.4 is 0 Å². The molecule has 5 unspecified atom stereocenters. The standard InChI is InChI=1S/4C8H17.C4H6O5.2Sn.2H/c4*1-4-6-7-8(3)5-2;5-2(4(8)9)1-3(6)7;;;;/h4*8H,3-7H2,1-2H3;2,5H,1H2,(H,6,7)(H,8,9);;;;/q;;;;;2*+1;;/p-2. The maximum atomic E-state index is 13.2. The van der Waals surface area contributed by atoms with E-state index in [1.165, 1.54) is 77.0 Å². The van der Waals surface area contributed by atoms with Gasteiger partial charge in [-0.05, 0) is 0 Å². The van der Waals surface area contributed by atoms with Crippen molar-refractivity contribution < 1.29 is 20.8 Å². The summed E-state index contributed by atoms with van der Waals surface area (Å²) in [5.41, 5.74) is 0. The first-order chi connectivity index (χ1) is 20.7. The monoisotopic (exact) mass is 826 g/mol. The van der Waals surface area contributed by atoms with Gasteiger partial charge in [0, 0.05) is 0 Å². The van der Waals surface area contributed by atoms with Crippen molar-refractivity contribution in [3.8, 4) is 0 Å². The van der Waals surface area contributed by atoms with Gasteiger partial charge in [0.2, 0.25) is 0 Å². The molecule has 0 amide bonds. The second-order valence-electron chi connectivity index (χ2n) is 13.5. The SMILES string of the molecule is CCCCC(CC)[CH2][SnH]([CH2]C(CC)CCCC)[O]C(=O)CC(O)C(=O)[O][SnH]([CH2]C(CC)CCCC)[CH2]C(CC)CCCC. The Morgan fingerprint density at radius 2 is 0.837 bits per heavy atom. The molecule has 0 aliphatic heterocycles. The van der Waals surface area contributed by atoms with Gasteiger partial charge in [0.25, 0.3) is 0 Å². The zero-order valence-corrected chi connectivity index (χ0v) is 36.6. The van der Waals surface area contributed by atoms with Crippen LogP contribution in [0.15, 0.2) is 0 Å². The van der Waals surface area contributed by atoms with Crippen LogP contribution in [0.2, 0.25) is 17.7 Å². The van der Waals surface area contributed by atoms with E-state index in [4.69, 9.17) is 6.15 Å². The van der Waals surface area contributed by atoms with E-state index in [-0.39, 0.29) is 12.4 Å². The predicted octanol–water partition coefficient (Wildman–Crippen LogP) is 10.1. The van der Waals surface area contributed by atoms with Crippen LogP contribution in [0.1, 0.15) is 165 Å². The van der Waals surface area contributed by atoms with Crippen molar-refractivity contribution in [3.05, 3.63) is 0 Å². The van der Waals surface area contributed by atoms with Crippen molar-refractivity contribution >= 4 is 52.3 Å². The second-order valence-corrected chi connectivity index (χ2v) is 27.3. The summed E-state index contributed by atoms with van der Waals surface area (Å²) >= 11 is -5.40. The third-order valence-electron chi connectivity index (χ3n) is 9.77. The summed E-state index contributed by atoms with van der Waals surface area (Å²) in [6, 6.07) is 0. The molecule has 5 nitrogen and oxygen atoms in total. The van der Waals surface area contributed by atoms with Gasteiger partial charge in [-0.1, -0.05) is 0 Å². The summed E-state index contributed by atoms with van der Waals surface area (Å²) in [4.78, 5) is 26.4. The molecule has 0 rings (SSSR count). The maximum absolute atomic E-state index is 13.2. The summed E-state index contributed by atoms with van der Waals surface area (Å²) in [6.07, 6.45) is 17.3. The fraction of sp³-hybridized carbons (Fsp3) is 0.944. The van der Waals surface area contributed by atoms with Crippen molar-refractivity contribution in [2.24, 2.45) is 23.7 Å². The Balaban J connectivity index is 5.47. The van der Waals surface area contributed by atoms with E-state index < -0.39 is 52.4 Å². The van der Waals surface area contributed by atoms with E-state index in [2.05, 4.69) is 55.4 Å². The van der Waals surface area contributed by atoms with E-state index in [0.717, 1.165) is 43.4 Å². The number of rotatable bonds is 29. The quantitative estimate of drug-likeness (QED) is 0.0761. The van der Waals surface area contributed by atoms with Crippen molar-refractivity contribution in [1.82, 2.24) is 0 Å². The van der Waals surface area contributed by atoms with Gasteiger partial charge >= 0.3 is 285 Å². The first-order valence-electron chi connectivity index (χ1n) is 18.8. The molecule has 0 aromatic heterocycles. The fourth-order valence-electron chi connectivity index (χ4n) is 6.52.